The van der Waals surface area contributed by atoms with Crippen molar-refractivity contribution in [3.8, 4) is 0 Å². The molecule has 2 atom stereocenters. The van der Waals surface area contributed by atoms with E-state index in [0.29, 0.717) is 12.5 Å². The molecule has 2 unspecified atom stereocenters. The van der Waals surface area contributed by atoms with E-state index < -0.39 is 6.04 Å². The molecule has 1 aliphatic rings. The van der Waals surface area contributed by atoms with Gasteiger partial charge in [0.15, 0.2) is 0 Å². The zero-order chi connectivity index (χ0) is 16.7. The Morgan fingerprint density at radius 3 is 2.27 bits per heavy atom. The van der Waals surface area contributed by atoms with Crippen molar-refractivity contribution in [1.29, 1.82) is 0 Å². The number of ether oxygens (including phenoxy) is 1. The molecule has 0 aromatic heterocycles. The van der Waals surface area contributed by atoms with Crippen LogP contribution >= 0.6 is 0 Å². The van der Waals surface area contributed by atoms with Crippen LogP contribution in [0.3, 0.4) is 0 Å². The van der Waals surface area contributed by atoms with Crippen LogP contribution in [0.5, 0.6) is 0 Å². The van der Waals surface area contributed by atoms with Gasteiger partial charge in [-0.1, -0.05) is 13.8 Å². The summed E-state index contributed by atoms with van der Waals surface area (Å²) in [6.45, 7) is 9.81. The summed E-state index contributed by atoms with van der Waals surface area (Å²) in [5, 5.41) is 5.56. The molecule has 0 aromatic rings. The van der Waals surface area contributed by atoms with Gasteiger partial charge < -0.3 is 20.3 Å². The van der Waals surface area contributed by atoms with Crippen LogP contribution in [-0.2, 0) is 9.53 Å². The molecule has 0 saturated carbocycles. The maximum Gasteiger partial charge on any atom is 0.315 e. The molecule has 1 aliphatic heterocycles. The summed E-state index contributed by atoms with van der Waals surface area (Å²) in [7, 11) is 3.34. The highest BCUT2D eigenvalue weighted by atomic mass is 16.5. The van der Waals surface area contributed by atoms with Crippen molar-refractivity contribution in [1.82, 2.24) is 20.4 Å². The molecule has 0 radical (unpaired) electrons. The quantitative estimate of drug-likeness (QED) is 0.730. The number of likely N-dealkylation sites (N-methyl/N-ethyl adjacent to an activating group) is 1. The molecule has 1 saturated heterocycles. The van der Waals surface area contributed by atoms with E-state index in [-0.39, 0.29) is 18.0 Å². The normalized spacial score (nSPS) is 18.6. The highest BCUT2D eigenvalue weighted by Crippen LogP contribution is 2.12. The van der Waals surface area contributed by atoms with Crippen molar-refractivity contribution >= 4 is 11.9 Å². The molecule has 1 rings (SSSR count). The fraction of sp³-hybridized carbons (Fsp3) is 0.867. The van der Waals surface area contributed by atoms with Gasteiger partial charge in [0.2, 0.25) is 5.91 Å². The lowest BCUT2D eigenvalue weighted by atomic mass is 10.0. The number of hydrogen-bond acceptors (Lipinski definition) is 4. The molecule has 3 amide bonds. The van der Waals surface area contributed by atoms with Gasteiger partial charge in [-0.05, 0) is 12.8 Å². The molecule has 0 aromatic carbocycles. The average Bonchev–Trinajstić information content (AvgIpc) is 2.47. The number of carbonyl (C=O) groups is 2. The van der Waals surface area contributed by atoms with Crippen LogP contribution in [0.1, 0.15) is 20.8 Å². The van der Waals surface area contributed by atoms with Crippen molar-refractivity contribution in [2.24, 2.45) is 5.92 Å². The lowest BCUT2D eigenvalue weighted by Crippen LogP contribution is -2.54. The molecule has 2 N–H and O–H groups in total. The minimum atomic E-state index is -0.532. The second-order valence-corrected chi connectivity index (χ2v) is 6.27. The number of amides is 3. The monoisotopic (exact) mass is 314 g/mol. The standard InChI is InChI=1S/C15H30N4O3/c1-11(2)13(19-6-8-22-9-7-19)10-16-15(21)17-12(3)14(20)18(4)5/h11-13H,6-10H2,1-5H3,(H2,16,17,21). The Hall–Kier alpha value is -1.34. The lowest BCUT2D eigenvalue weighted by molar-refractivity contribution is -0.130. The Bertz CT molecular complexity index is 368. The predicted octanol–water partition coefficient (Wildman–Crippen LogP) is 0.119. The number of morpholine rings is 1. The van der Waals surface area contributed by atoms with Crippen molar-refractivity contribution < 1.29 is 14.3 Å². The van der Waals surface area contributed by atoms with E-state index in [1.807, 2.05) is 0 Å². The van der Waals surface area contributed by atoms with Crippen LogP contribution in [0.15, 0.2) is 0 Å². The Morgan fingerprint density at radius 1 is 1.18 bits per heavy atom. The Balaban J connectivity index is 2.44. The van der Waals surface area contributed by atoms with Crippen molar-refractivity contribution in [2.75, 3.05) is 46.9 Å². The molecule has 0 aliphatic carbocycles. The molecule has 7 heteroatoms. The summed E-state index contributed by atoms with van der Waals surface area (Å²) in [4.78, 5) is 27.5. The van der Waals surface area contributed by atoms with Gasteiger partial charge in [0.1, 0.15) is 6.04 Å². The Morgan fingerprint density at radius 2 is 1.77 bits per heavy atom. The zero-order valence-electron chi connectivity index (χ0n) is 14.4. The fourth-order valence-electron chi connectivity index (χ4n) is 2.59. The smallest absolute Gasteiger partial charge is 0.315 e. The van der Waals surface area contributed by atoms with Crippen LogP contribution in [0, 0.1) is 5.92 Å². The number of nitrogens with one attached hydrogen (secondary N) is 2. The topological polar surface area (TPSA) is 73.9 Å². The molecule has 1 fully saturated rings. The fourth-order valence-corrected chi connectivity index (χ4v) is 2.59. The van der Waals surface area contributed by atoms with E-state index in [9.17, 15) is 9.59 Å². The zero-order valence-corrected chi connectivity index (χ0v) is 14.4. The summed E-state index contributed by atoms with van der Waals surface area (Å²) in [5.74, 6) is 0.308. The number of hydrogen-bond donors (Lipinski definition) is 2. The number of urea groups is 1. The minimum absolute atomic E-state index is 0.122. The van der Waals surface area contributed by atoms with E-state index in [2.05, 4.69) is 29.4 Å². The van der Waals surface area contributed by atoms with Crippen molar-refractivity contribution in [3.63, 3.8) is 0 Å². The van der Waals surface area contributed by atoms with Gasteiger partial charge in [0.05, 0.1) is 13.2 Å². The first-order valence-corrected chi connectivity index (χ1v) is 7.90. The van der Waals surface area contributed by atoms with Gasteiger partial charge in [-0.15, -0.1) is 0 Å². The van der Waals surface area contributed by atoms with E-state index in [0.717, 1.165) is 26.3 Å². The average molecular weight is 314 g/mol. The van der Waals surface area contributed by atoms with Crippen LogP contribution < -0.4 is 10.6 Å². The summed E-state index contributed by atoms with van der Waals surface area (Å²) >= 11 is 0. The van der Waals surface area contributed by atoms with Crippen molar-refractivity contribution in [2.45, 2.75) is 32.9 Å². The predicted molar refractivity (Wildman–Crippen MR) is 85.7 cm³/mol. The Kier molecular flexibility index (Phi) is 7.61. The van der Waals surface area contributed by atoms with E-state index in [1.165, 1.54) is 4.90 Å². The maximum absolute atomic E-state index is 12.0. The number of carbonyl (C=O) groups excluding carboxylic acids is 2. The summed E-state index contributed by atoms with van der Waals surface area (Å²) in [6, 6.07) is -0.563. The summed E-state index contributed by atoms with van der Waals surface area (Å²) < 4.78 is 5.37. The van der Waals surface area contributed by atoms with Crippen LogP contribution in [0.25, 0.3) is 0 Å². The third kappa shape index (κ3) is 5.81. The van der Waals surface area contributed by atoms with Gasteiger partial charge in [-0.2, -0.15) is 0 Å². The first kappa shape index (κ1) is 18.7. The SMILES string of the molecule is CC(NC(=O)NCC(C(C)C)N1CCOCC1)C(=O)N(C)C. The number of nitrogens with zero attached hydrogens (tertiary/aromatic N) is 2. The lowest BCUT2D eigenvalue weighted by Gasteiger charge is -2.37. The van der Waals surface area contributed by atoms with Crippen molar-refractivity contribution in [3.05, 3.63) is 0 Å². The molecule has 0 bridgehead atoms. The van der Waals surface area contributed by atoms with Gasteiger partial charge in [0.25, 0.3) is 0 Å². The number of rotatable bonds is 6. The van der Waals surface area contributed by atoms with Gasteiger partial charge in [-0.25, -0.2) is 4.79 Å². The first-order valence-electron chi connectivity index (χ1n) is 7.90. The maximum atomic E-state index is 12.0. The largest absolute Gasteiger partial charge is 0.379 e. The van der Waals surface area contributed by atoms with Gasteiger partial charge in [0, 0.05) is 39.8 Å². The molecule has 128 valence electrons. The second kappa shape index (κ2) is 8.95. The molecule has 1 heterocycles. The first-order chi connectivity index (χ1) is 10.3. The summed E-state index contributed by atoms with van der Waals surface area (Å²) in [6.07, 6.45) is 0. The third-order valence-corrected chi connectivity index (χ3v) is 3.91. The van der Waals surface area contributed by atoms with Crippen LogP contribution in [0.4, 0.5) is 4.79 Å². The molecular formula is C15H30N4O3. The third-order valence-electron chi connectivity index (χ3n) is 3.91. The van der Waals surface area contributed by atoms with E-state index in [1.54, 1.807) is 21.0 Å². The van der Waals surface area contributed by atoms with Crippen LogP contribution in [-0.4, -0.2) is 80.8 Å². The minimum Gasteiger partial charge on any atom is -0.379 e. The molecule has 0 spiro atoms. The molecular weight excluding hydrogens is 284 g/mol. The second-order valence-electron chi connectivity index (χ2n) is 6.27. The summed E-state index contributed by atoms with van der Waals surface area (Å²) in [5.41, 5.74) is 0. The van der Waals surface area contributed by atoms with Gasteiger partial charge in [-0.3, -0.25) is 9.69 Å². The highest BCUT2D eigenvalue weighted by molar-refractivity contribution is 5.86. The highest BCUT2D eigenvalue weighted by Gasteiger charge is 2.24. The van der Waals surface area contributed by atoms with Crippen LogP contribution in [0.2, 0.25) is 0 Å². The Labute approximate surface area is 133 Å². The van der Waals surface area contributed by atoms with E-state index in [4.69, 9.17) is 4.74 Å². The molecule has 22 heavy (non-hydrogen) atoms. The van der Waals surface area contributed by atoms with E-state index >= 15 is 0 Å². The van der Waals surface area contributed by atoms with Gasteiger partial charge >= 0.3 is 6.03 Å². The molecule has 7 nitrogen and oxygen atoms in total.